The predicted molar refractivity (Wildman–Crippen MR) is 86.3 cm³/mol. The van der Waals surface area contributed by atoms with E-state index in [1.165, 1.54) is 18.2 Å². The van der Waals surface area contributed by atoms with Crippen molar-refractivity contribution < 1.29 is 23.4 Å². The summed E-state index contributed by atoms with van der Waals surface area (Å²) in [4.78, 5) is 10.8. The third-order valence-electron chi connectivity index (χ3n) is 3.67. The number of aromatic carboxylic acids is 1. The molecule has 0 fully saturated rings. The molecule has 0 saturated carbocycles. The molecule has 0 radical (unpaired) electrons. The second-order valence-electron chi connectivity index (χ2n) is 5.26. The van der Waals surface area contributed by atoms with Crippen LogP contribution in [0.1, 0.15) is 40.9 Å². The zero-order valence-electron chi connectivity index (χ0n) is 13.2. The average molecular weight is 335 g/mol. The molecular weight excluding hydrogens is 316 g/mol. The van der Waals surface area contributed by atoms with E-state index < -0.39 is 12.6 Å². The van der Waals surface area contributed by atoms with Crippen LogP contribution in [-0.4, -0.2) is 17.7 Å². The van der Waals surface area contributed by atoms with Gasteiger partial charge in [0.05, 0.1) is 5.56 Å². The minimum Gasteiger partial charge on any atom is -0.478 e. The first-order valence-electron chi connectivity index (χ1n) is 7.60. The fourth-order valence-electron chi connectivity index (χ4n) is 2.45. The third-order valence-corrected chi connectivity index (χ3v) is 3.67. The summed E-state index contributed by atoms with van der Waals surface area (Å²) in [6, 6.07) is 13.1. The van der Waals surface area contributed by atoms with E-state index in [0.717, 1.165) is 5.56 Å². The minimum absolute atomic E-state index is 0.154. The summed E-state index contributed by atoms with van der Waals surface area (Å²) < 4.78 is 29.6. The lowest BCUT2D eigenvalue weighted by molar-refractivity contribution is -0.0507. The molecule has 2 rings (SSSR count). The molecule has 2 aromatic rings. The average Bonchev–Trinajstić information content (AvgIpc) is 2.56. The number of nitrogens with one attached hydrogen (secondary N) is 1. The highest BCUT2D eigenvalue weighted by atomic mass is 19.3. The van der Waals surface area contributed by atoms with Gasteiger partial charge in [0.1, 0.15) is 5.75 Å². The third kappa shape index (κ3) is 4.76. The van der Waals surface area contributed by atoms with Gasteiger partial charge in [-0.15, -0.1) is 0 Å². The summed E-state index contributed by atoms with van der Waals surface area (Å²) in [7, 11) is 0. The number of halogens is 2. The van der Waals surface area contributed by atoms with Crippen LogP contribution < -0.4 is 10.1 Å². The number of para-hydroxylation sites is 1. The van der Waals surface area contributed by atoms with Crippen LogP contribution in [0.3, 0.4) is 0 Å². The number of benzene rings is 2. The van der Waals surface area contributed by atoms with E-state index in [4.69, 9.17) is 5.11 Å². The fraction of sp³-hybridized carbons (Fsp3) is 0.278. The molecule has 0 amide bonds. The molecular formula is C18H19F2NO3. The summed E-state index contributed by atoms with van der Waals surface area (Å²) in [5.74, 6) is -0.813. The lowest BCUT2D eigenvalue weighted by Crippen LogP contribution is -2.21. The Hall–Kier alpha value is -2.47. The van der Waals surface area contributed by atoms with Crippen LogP contribution in [-0.2, 0) is 6.54 Å². The Morgan fingerprint density at radius 3 is 2.42 bits per heavy atom. The minimum atomic E-state index is -2.87. The molecule has 4 nitrogen and oxygen atoms in total. The molecule has 0 aliphatic carbocycles. The Kier molecular flexibility index (Phi) is 6.26. The molecule has 128 valence electrons. The Balaban J connectivity index is 2.08. The number of ether oxygens (including phenoxy) is 1. The summed E-state index contributed by atoms with van der Waals surface area (Å²) >= 11 is 0. The molecule has 6 heteroatoms. The van der Waals surface area contributed by atoms with Gasteiger partial charge in [0, 0.05) is 18.2 Å². The first kappa shape index (κ1) is 17.9. The highest BCUT2D eigenvalue weighted by molar-refractivity contribution is 5.87. The number of rotatable bonds is 8. The van der Waals surface area contributed by atoms with Gasteiger partial charge >= 0.3 is 12.6 Å². The second-order valence-corrected chi connectivity index (χ2v) is 5.26. The second kappa shape index (κ2) is 8.40. The van der Waals surface area contributed by atoms with Gasteiger partial charge in [-0.05, 0) is 30.2 Å². The van der Waals surface area contributed by atoms with Crippen molar-refractivity contribution >= 4 is 5.97 Å². The van der Waals surface area contributed by atoms with Crippen LogP contribution in [0, 0.1) is 0 Å². The maximum atomic E-state index is 12.5. The van der Waals surface area contributed by atoms with Crippen molar-refractivity contribution in [2.75, 3.05) is 0 Å². The molecule has 0 aromatic heterocycles. The molecule has 1 atom stereocenters. The number of hydrogen-bond donors (Lipinski definition) is 2. The summed E-state index contributed by atoms with van der Waals surface area (Å²) in [5.41, 5.74) is 1.80. The summed E-state index contributed by atoms with van der Waals surface area (Å²) in [6.07, 6.45) is 0.691. The lowest BCUT2D eigenvalue weighted by atomic mass is 10.0. The van der Waals surface area contributed by atoms with Gasteiger partial charge in [0.15, 0.2) is 0 Å². The van der Waals surface area contributed by atoms with E-state index in [1.807, 2.05) is 6.92 Å². The maximum absolute atomic E-state index is 12.5. The first-order chi connectivity index (χ1) is 11.5. The van der Waals surface area contributed by atoms with Gasteiger partial charge in [-0.1, -0.05) is 37.3 Å². The molecule has 0 aliphatic heterocycles. The first-order valence-corrected chi connectivity index (χ1v) is 7.60. The number of carboxylic acids is 1. The Labute approximate surface area is 139 Å². The highest BCUT2D eigenvalue weighted by Gasteiger charge is 2.16. The normalized spacial score (nSPS) is 12.2. The number of carbonyl (C=O) groups is 1. The van der Waals surface area contributed by atoms with Crippen LogP contribution in [0.2, 0.25) is 0 Å². The van der Waals surface area contributed by atoms with Gasteiger partial charge < -0.3 is 15.2 Å². The monoisotopic (exact) mass is 335 g/mol. The van der Waals surface area contributed by atoms with Crippen molar-refractivity contribution in [1.82, 2.24) is 5.32 Å². The molecule has 2 N–H and O–H groups in total. The molecule has 2 aromatic carbocycles. The van der Waals surface area contributed by atoms with Gasteiger partial charge in [-0.2, -0.15) is 8.78 Å². The van der Waals surface area contributed by atoms with Crippen molar-refractivity contribution in [2.45, 2.75) is 32.5 Å². The zero-order chi connectivity index (χ0) is 17.5. The summed E-state index contributed by atoms with van der Waals surface area (Å²) in [5, 5.41) is 12.2. The van der Waals surface area contributed by atoms with E-state index in [0.29, 0.717) is 18.5 Å². The van der Waals surface area contributed by atoms with E-state index in [9.17, 15) is 13.6 Å². The van der Waals surface area contributed by atoms with E-state index in [-0.39, 0.29) is 17.4 Å². The van der Waals surface area contributed by atoms with Crippen molar-refractivity contribution in [2.24, 2.45) is 0 Å². The number of hydrogen-bond acceptors (Lipinski definition) is 3. The SMILES string of the molecule is CCC(NCc1ccc(C(=O)O)cc1)c1ccccc1OC(F)F. The van der Waals surface area contributed by atoms with Gasteiger partial charge in [0.25, 0.3) is 0 Å². The van der Waals surface area contributed by atoms with Gasteiger partial charge in [-0.25, -0.2) is 4.79 Å². The van der Waals surface area contributed by atoms with Crippen molar-refractivity contribution in [3.8, 4) is 5.75 Å². The number of carboxylic acid groups (broad SMARTS) is 1. The summed E-state index contributed by atoms with van der Waals surface area (Å²) in [6.45, 7) is -0.432. The van der Waals surface area contributed by atoms with E-state index >= 15 is 0 Å². The predicted octanol–water partition coefficient (Wildman–Crippen LogP) is 4.23. The smallest absolute Gasteiger partial charge is 0.387 e. The molecule has 0 heterocycles. The quantitative estimate of drug-likeness (QED) is 0.758. The lowest BCUT2D eigenvalue weighted by Gasteiger charge is -2.20. The van der Waals surface area contributed by atoms with E-state index in [1.54, 1.807) is 30.3 Å². The molecule has 0 saturated heterocycles. The van der Waals surface area contributed by atoms with Crippen LogP contribution in [0.15, 0.2) is 48.5 Å². The Bertz CT molecular complexity index is 674. The zero-order valence-corrected chi connectivity index (χ0v) is 13.2. The van der Waals surface area contributed by atoms with Crippen LogP contribution in [0.4, 0.5) is 8.78 Å². The maximum Gasteiger partial charge on any atom is 0.387 e. The van der Waals surface area contributed by atoms with Crippen LogP contribution in [0.25, 0.3) is 0 Å². The Morgan fingerprint density at radius 1 is 1.17 bits per heavy atom. The molecule has 0 bridgehead atoms. The van der Waals surface area contributed by atoms with Crippen molar-refractivity contribution in [3.05, 3.63) is 65.2 Å². The number of alkyl halides is 2. The Morgan fingerprint density at radius 2 is 1.83 bits per heavy atom. The molecule has 24 heavy (non-hydrogen) atoms. The molecule has 0 spiro atoms. The van der Waals surface area contributed by atoms with Crippen LogP contribution >= 0.6 is 0 Å². The largest absolute Gasteiger partial charge is 0.478 e. The van der Waals surface area contributed by atoms with E-state index in [2.05, 4.69) is 10.1 Å². The highest BCUT2D eigenvalue weighted by Crippen LogP contribution is 2.28. The molecule has 1 unspecified atom stereocenters. The standard InChI is InChI=1S/C18H19F2NO3/c1-2-15(14-5-3-4-6-16(14)24-18(19)20)21-11-12-7-9-13(10-8-12)17(22)23/h3-10,15,18,21H,2,11H2,1H3,(H,22,23). The van der Waals surface area contributed by atoms with Gasteiger partial charge in [0.2, 0.25) is 0 Å². The van der Waals surface area contributed by atoms with Crippen molar-refractivity contribution in [1.29, 1.82) is 0 Å². The van der Waals surface area contributed by atoms with Crippen LogP contribution in [0.5, 0.6) is 5.75 Å². The van der Waals surface area contributed by atoms with Crippen molar-refractivity contribution in [3.63, 3.8) is 0 Å². The topological polar surface area (TPSA) is 58.6 Å². The molecule has 0 aliphatic rings. The fourth-order valence-corrected chi connectivity index (χ4v) is 2.45. The van der Waals surface area contributed by atoms with Gasteiger partial charge in [-0.3, -0.25) is 0 Å².